The zero-order chi connectivity index (χ0) is 19.2. The normalized spacial score (nSPS) is 10.7. The summed E-state index contributed by atoms with van der Waals surface area (Å²) in [6.45, 7) is 6.75. The van der Waals surface area contributed by atoms with Crippen LogP contribution < -0.4 is 10.2 Å². The second-order valence-electron chi connectivity index (χ2n) is 6.72. The van der Waals surface area contributed by atoms with E-state index in [0.29, 0.717) is 18.2 Å². The molecule has 0 saturated carbocycles. The van der Waals surface area contributed by atoms with E-state index in [1.54, 1.807) is 6.07 Å². The van der Waals surface area contributed by atoms with Crippen molar-refractivity contribution in [1.82, 2.24) is 9.97 Å². The van der Waals surface area contributed by atoms with Crippen molar-refractivity contribution in [3.8, 4) is 0 Å². The lowest BCUT2D eigenvalue weighted by molar-refractivity contribution is 0.102. The number of benzene rings is 2. The van der Waals surface area contributed by atoms with Crippen LogP contribution in [0.3, 0.4) is 0 Å². The summed E-state index contributed by atoms with van der Waals surface area (Å²) in [5.74, 6) is 0.323. The predicted octanol–water partition coefficient (Wildman–Crippen LogP) is 4.45. The zero-order valence-corrected chi connectivity index (χ0v) is 15.9. The van der Waals surface area contributed by atoms with Crippen molar-refractivity contribution >= 4 is 17.5 Å². The largest absolute Gasteiger partial charge is 0.334 e. The molecule has 0 spiro atoms. The Balaban J connectivity index is 1.87. The Bertz CT molecular complexity index is 895. The van der Waals surface area contributed by atoms with Crippen LogP contribution in [0, 0.1) is 6.92 Å². The van der Waals surface area contributed by atoms with Crippen LogP contribution in [0.2, 0.25) is 0 Å². The number of carbonyl (C=O) groups is 1. The first-order valence-electron chi connectivity index (χ1n) is 9.05. The van der Waals surface area contributed by atoms with Gasteiger partial charge in [-0.3, -0.25) is 4.79 Å². The smallest absolute Gasteiger partial charge is 0.274 e. The average molecular weight is 360 g/mol. The van der Waals surface area contributed by atoms with Gasteiger partial charge < -0.3 is 10.2 Å². The van der Waals surface area contributed by atoms with Gasteiger partial charge in [0.2, 0.25) is 5.95 Å². The van der Waals surface area contributed by atoms with E-state index in [0.717, 1.165) is 11.4 Å². The number of amides is 1. The topological polar surface area (TPSA) is 58.1 Å². The minimum atomic E-state index is -0.239. The number of aromatic nitrogens is 2. The van der Waals surface area contributed by atoms with Crippen LogP contribution in [0.5, 0.6) is 0 Å². The molecule has 3 aromatic rings. The highest BCUT2D eigenvalue weighted by atomic mass is 16.1. The Morgan fingerprint density at radius 1 is 1.00 bits per heavy atom. The summed E-state index contributed by atoms with van der Waals surface area (Å²) in [5.41, 5.74) is 3.04. The molecular weight excluding hydrogens is 336 g/mol. The van der Waals surface area contributed by atoms with Gasteiger partial charge in [-0.2, -0.15) is 0 Å². The van der Waals surface area contributed by atoms with Crippen molar-refractivity contribution in [3.63, 3.8) is 0 Å². The second kappa shape index (κ2) is 8.45. The van der Waals surface area contributed by atoms with Crippen LogP contribution in [0.1, 0.15) is 35.6 Å². The number of nitrogens with one attached hydrogen (secondary N) is 1. The number of hydrogen-bond acceptors (Lipinski definition) is 4. The molecule has 0 aliphatic heterocycles. The van der Waals surface area contributed by atoms with Gasteiger partial charge in [-0.25, -0.2) is 9.97 Å². The second-order valence-corrected chi connectivity index (χ2v) is 6.72. The number of carbonyl (C=O) groups excluding carboxylic acids is 1. The minimum Gasteiger partial charge on any atom is -0.334 e. The molecule has 5 nitrogen and oxygen atoms in total. The maximum atomic E-state index is 12.6. The monoisotopic (exact) mass is 360 g/mol. The molecule has 0 saturated heterocycles. The summed E-state index contributed by atoms with van der Waals surface area (Å²) in [6, 6.07) is 21.5. The van der Waals surface area contributed by atoms with Crippen LogP contribution in [0.4, 0.5) is 11.6 Å². The first-order chi connectivity index (χ1) is 13.0. The van der Waals surface area contributed by atoms with Gasteiger partial charge in [-0.05, 0) is 44.5 Å². The lowest BCUT2D eigenvalue weighted by atomic mass is 10.2. The highest BCUT2D eigenvalue weighted by Crippen LogP contribution is 2.18. The molecule has 1 heterocycles. The summed E-state index contributed by atoms with van der Waals surface area (Å²) >= 11 is 0. The van der Waals surface area contributed by atoms with Crippen LogP contribution in [-0.4, -0.2) is 21.9 Å². The molecule has 0 aliphatic carbocycles. The Morgan fingerprint density at radius 3 is 2.26 bits per heavy atom. The maximum absolute atomic E-state index is 12.6. The van der Waals surface area contributed by atoms with Crippen LogP contribution in [0.25, 0.3) is 0 Å². The minimum absolute atomic E-state index is 0.192. The average Bonchev–Trinajstić information content (AvgIpc) is 2.67. The molecular formula is C22H24N4O. The summed E-state index contributed by atoms with van der Waals surface area (Å²) in [7, 11) is 0. The van der Waals surface area contributed by atoms with Crippen LogP contribution in [-0.2, 0) is 6.54 Å². The third-order valence-corrected chi connectivity index (χ3v) is 4.18. The Morgan fingerprint density at radius 2 is 1.63 bits per heavy atom. The lowest BCUT2D eigenvalue weighted by Crippen LogP contribution is -2.32. The van der Waals surface area contributed by atoms with E-state index < -0.39 is 0 Å². The fourth-order valence-electron chi connectivity index (χ4n) is 2.78. The predicted molar refractivity (Wildman–Crippen MR) is 109 cm³/mol. The fourth-order valence-corrected chi connectivity index (χ4v) is 2.78. The molecule has 1 aromatic heterocycles. The Labute approximate surface area is 160 Å². The lowest BCUT2D eigenvalue weighted by Gasteiger charge is -2.27. The molecule has 138 valence electrons. The van der Waals surface area contributed by atoms with Gasteiger partial charge >= 0.3 is 0 Å². The van der Waals surface area contributed by atoms with Gasteiger partial charge in [0.05, 0.1) is 0 Å². The highest BCUT2D eigenvalue weighted by Gasteiger charge is 2.18. The van der Waals surface area contributed by atoms with Crippen molar-refractivity contribution in [2.75, 3.05) is 10.2 Å². The summed E-state index contributed by atoms with van der Waals surface area (Å²) in [4.78, 5) is 23.9. The molecule has 0 fully saturated rings. The molecule has 1 amide bonds. The van der Waals surface area contributed by atoms with Gasteiger partial charge in [0, 0.05) is 24.0 Å². The highest BCUT2D eigenvalue weighted by molar-refractivity contribution is 6.03. The Kier molecular flexibility index (Phi) is 5.81. The summed E-state index contributed by atoms with van der Waals surface area (Å²) < 4.78 is 0. The number of aryl methyl sites for hydroxylation is 1. The van der Waals surface area contributed by atoms with Gasteiger partial charge in [-0.15, -0.1) is 0 Å². The molecule has 0 bridgehead atoms. The molecule has 0 atom stereocenters. The molecule has 1 N–H and O–H groups in total. The van der Waals surface area contributed by atoms with E-state index >= 15 is 0 Å². The molecule has 2 aromatic carbocycles. The summed E-state index contributed by atoms with van der Waals surface area (Å²) in [5, 5.41) is 2.88. The van der Waals surface area contributed by atoms with E-state index in [4.69, 9.17) is 0 Å². The van der Waals surface area contributed by atoms with Crippen molar-refractivity contribution in [2.24, 2.45) is 0 Å². The van der Waals surface area contributed by atoms with Crippen molar-refractivity contribution in [3.05, 3.63) is 83.7 Å². The van der Waals surface area contributed by atoms with Gasteiger partial charge in [0.15, 0.2) is 0 Å². The number of para-hydroxylation sites is 1. The van der Waals surface area contributed by atoms with Crippen LogP contribution >= 0.6 is 0 Å². The standard InChI is InChI=1S/C22H24N4O/c1-16(2)26(15-18-10-6-4-7-11-18)22-23-17(3)14-20(25-22)21(27)24-19-12-8-5-9-13-19/h4-14,16H,15H2,1-3H3,(H,24,27). The zero-order valence-electron chi connectivity index (χ0n) is 15.9. The van der Waals surface area contributed by atoms with Gasteiger partial charge in [0.1, 0.15) is 5.69 Å². The van der Waals surface area contributed by atoms with Crippen molar-refractivity contribution in [1.29, 1.82) is 0 Å². The molecule has 0 aliphatic rings. The molecule has 5 heteroatoms. The molecule has 3 rings (SSSR count). The molecule has 0 radical (unpaired) electrons. The maximum Gasteiger partial charge on any atom is 0.274 e. The van der Waals surface area contributed by atoms with E-state index in [1.165, 1.54) is 5.56 Å². The van der Waals surface area contributed by atoms with E-state index in [1.807, 2.05) is 55.5 Å². The van der Waals surface area contributed by atoms with Gasteiger partial charge in [-0.1, -0.05) is 48.5 Å². The number of nitrogens with zero attached hydrogens (tertiary/aromatic N) is 3. The number of hydrogen-bond donors (Lipinski definition) is 1. The van der Waals surface area contributed by atoms with E-state index in [2.05, 4.69) is 46.2 Å². The molecule has 0 unspecified atom stereocenters. The first-order valence-corrected chi connectivity index (χ1v) is 9.05. The third kappa shape index (κ3) is 4.91. The Hall–Kier alpha value is -3.21. The van der Waals surface area contributed by atoms with E-state index in [9.17, 15) is 4.79 Å². The quantitative estimate of drug-likeness (QED) is 0.705. The SMILES string of the molecule is Cc1cc(C(=O)Nc2ccccc2)nc(N(Cc2ccccc2)C(C)C)n1. The number of rotatable bonds is 6. The first kappa shape index (κ1) is 18.6. The van der Waals surface area contributed by atoms with Crippen molar-refractivity contribution < 1.29 is 4.79 Å². The summed E-state index contributed by atoms with van der Waals surface area (Å²) in [6.07, 6.45) is 0. The fraction of sp³-hybridized carbons (Fsp3) is 0.227. The number of anilines is 2. The molecule has 27 heavy (non-hydrogen) atoms. The van der Waals surface area contributed by atoms with Gasteiger partial charge in [0.25, 0.3) is 5.91 Å². The third-order valence-electron chi connectivity index (χ3n) is 4.18. The van der Waals surface area contributed by atoms with E-state index in [-0.39, 0.29) is 11.9 Å². The van der Waals surface area contributed by atoms with Crippen molar-refractivity contribution in [2.45, 2.75) is 33.4 Å². The van der Waals surface area contributed by atoms with Crippen LogP contribution in [0.15, 0.2) is 66.7 Å².